The molecule has 1 aliphatic carbocycles. The van der Waals surface area contributed by atoms with Gasteiger partial charge in [0.05, 0.1) is 17.5 Å². The first-order chi connectivity index (χ1) is 15.7. The summed E-state index contributed by atoms with van der Waals surface area (Å²) in [7, 11) is 0. The molecule has 2 atom stereocenters. The van der Waals surface area contributed by atoms with Gasteiger partial charge in [-0.1, -0.05) is 49.7 Å². The summed E-state index contributed by atoms with van der Waals surface area (Å²) in [5.74, 6) is -1.36. The largest absolute Gasteiger partial charge is 0.478 e. The first-order valence-electron chi connectivity index (χ1n) is 10.9. The molecule has 4 nitrogen and oxygen atoms in total. The van der Waals surface area contributed by atoms with E-state index in [2.05, 4.69) is 13.8 Å². The van der Waals surface area contributed by atoms with Gasteiger partial charge in [0.15, 0.2) is 0 Å². The van der Waals surface area contributed by atoms with Gasteiger partial charge in [0.1, 0.15) is 5.82 Å². The number of fused-ring (bicyclic) bond motifs is 2. The van der Waals surface area contributed by atoms with Crippen molar-refractivity contribution < 1.29 is 19.1 Å². The van der Waals surface area contributed by atoms with Crippen LogP contribution in [0.15, 0.2) is 66.7 Å². The van der Waals surface area contributed by atoms with Crippen molar-refractivity contribution in [3.63, 3.8) is 0 Å². The molecule has 168 valence electrons. The van der Waals surface area contributed by atoms with E-state index in [0.29, 0.717) is 28.3 Å². The van der Waals surface area contributed by atoms with Crippen LogP contribution in [0, 0.1) is 11.7 Å². The Kier molecular flexibility index (Phi) is 4.87. The molecule has 5 rings (SSSR count). The minimum absolute atomic E-state index is 0.0764. The normalized spacial score (nSPS) is 23.3. The number of carbonyl (C=O) groups excluding carboxylic acids is 1. The van der Waals surface area contributed by atoms with Gasteiger partial charge in [-0.15, -0.1) is 0 Å². The maximum atomic E-state index is 14.5. The maximum Gasteiger partial charge on any atom is 0.335 e. The molecule has 6 heteroatoms. The van der Waals surface area contributed by atoms with E-state index >= 15 is 0 Å². The quantitative estimate of drug-likeness (QED) is 0.508. The van der Waals surface area contributed by atoms with Crippen LogP contribution in [0.3, 0.4) is 0 Å². The van der Waals surface area contributed by atoms with Crippen LogP contribution in [0.2, 0.25) is 5.02 Å². The number of carbonyl (C=O) groups is 2. The summed E-state index contributed by atoms with van der Waals surface area (Å²) < 4.78 is 14.5. The van der Waals surface area contributed by atoms with Gasteiger partial charge in [0, 0.05) is 16.1 Å². The molecule has 2 aliphatic rings. The number of carboxylic acids is 1. The van der Waals surface area contributed by atoms with Crippen molar-refractivity contribution in [3.05, 3.63) is 99.8 Å². The standard InChI is InChI=1S/C27H23ClFNO3/c1-16(2)26(19-6-8-20(28)9-7-19)15-27(26)22-13-21(29)10-11-23(22)30(25(27)33)14-17-4-3-5-18(12-17)24(31)32/h3-13,16H,14-15H2,1-2H3,(H,31,32)/t26?,27-/m1/s1. The molecule has 0 radical (unpaired) electrons. The molecule has 1 unspecified atom stereocenters. The summed E-state index contributed by atoms with van der Waals surface area (Å²) in [6.45, 7) is 4.40. The summed E-state index contributed by atoms with van der Waals surface area (Å²) in [4.78, 5) is 27.2. The molecule has 3 aromatic rings. The van der Waals surface area contributed by atoms with Crippen molar-refractivity contribution >= 4 is 29.2 Å². The highest BCUT2D eigenvalue weighted by Gasteiger charge is 2.77. The first kappa shape index (κ1) is 21.7. The third-order valence-electron chi connectivity index (χ3n) is 7.36. The molecule has 1 aliphatic heterocycles. The van der Waals surface area contributed by atoms with Gasteiger partial charge in [-0.05, 0) is 71.5 Å². The topological polar surface area (TPSA) is 57.6 Å². The number of benzene rings is 3. The smallest absolute Gasteiger partial charge is 0.335 e. The molecular formula is C27H23ClFNO3. The van der Waals surface area contributed by atoms with Crippen molar-refractivity contribution in [2.24, 2.45) is 5.92 Å². The Balaban J connectivity index is 1.63. The Bertz CT molecular complexity index is 1290. The van der Waals surface area contributed by atoms with Gasteiger partial charge in [-0.3, -0.25) is 4.79 Å². The van der Waals surface area contributed by atoms with Gasteiger partial charge in [0.2, 0.25) is 5.91 Å². The summed E-state index contributed by atoms with van der Waals surface area (Å²) in [5, 5.41) is 9.97. The fraction of sp³-hybridized carbons (Fsp3) is 0.259. The van der Waals surface area contributed by atoms with E-state index in [9.17, 15) is 19.1 Å². The third kappa shape index (κ3) is 3.02. The number of carboxylic acid groups (broad SMARTS) is 1. The monoisotopic (exact) mass is 463 g/mol. The molecule has 1 saturated carbocycles. The number of anilines is 1. The van der Waals surface area contributed by atoms with Gasteiger partial charge in [-0.2, -0.15) is 0 Å². The third-order valence-corrected chi connectivity index (χ3v) is 7.61. The molecular weight excluding hydrogens is 441 g/mol. The van der Waals surface area contributed by atoms with Crippen LogP contribution in [0.1, 0.15) is 47.3 Å². The van der Waals surface area contributed by atoms with E-state index < -0.39 is 16.8 Å². The molecule has 0 aromatic heterocycles. The van der Waals surface area contributed by atoms with Gasteiger partial charge in [-0.25, -0.2) is 9.18 Å². The second-order valence-electron chi connectivity index (χ2n) is 9.27. The predicted octanol–water partition coefficient (Wildman–Crippen LogP) is 5.96. The molecule has 33 heavy (non-hydrogen) atoms. The van der Waals surface area contributed by atoms with E-state index in [4.69, 9.17) is 11.6 Å². The van der Waals surface area contributed by atoms with Crippen molar-refractivity contribution in [1.82, 2.24) is 0 Å². The number of halogens is 2. The molecule has 1 heterocycles. The van der Waals surface area contributed by atoms with Gasteiger partial charge in [0.25, 0.3) is 0 Å². The summed E-state index contributed by atoms with van der Waals surface area (Å²) in [6.07, 6.45) is 0.584. The predicted molar refractivity (Wildman–Crippen MR) is 125 cm³/mol. The lowest BCUT2D eigenvalue weighted by Crippen LogP contribution is -2.38. The van der Waals surface area contributed by atoms with Crippen molar-refractivity contribution in [3.8, 4) is 0 Å². The van der Waals surface area contributed by atoms with Crippen LogP contribution in [0.5, 0.6) is 0 Å². The Morgan fingerprint density at radius 2 is 1.85 bits per heavy atom. The average molecular weight is 464 g/mol. The fourth-order valence-corrected chi connectivity index (χ4v) is 5.91. The number of hydrogen-bond acceptors (Lipinski definition) is 2. The number of amides is 1. The number of rotatable bonds is 5. The van der Waals surface area contributed by atoms with Crippen LogP contribution in [0.4, 0.5) is 10.1 Å². The molecule has 1 spiro atoms. The Morgan fingerprint density at radius 1 is 1.12 bits per heavy atom. The number of aromatic carboxylic acids is 1. The van der Waals surface area contributed by atoms with Crippen LogP contribution < -0.4 is 4.90 Å². The lowest BCUT2D eigenvalue weighted by Gasteiger charge is -2.27. The zero-order chi connectivity index (χ0) is 23.5. The van der Waals surface area contributed by atoms with Crippen LogP contribution in [-0.4, -0.2) is 17.0 Å². The van der Waals surface area contributed by atoms with Gasteiger partial charge < -0.3 is 10.0 Å². The number of hydrogen-bond donors (Lipinski definition) is 1. The van der Waals surface area contributed by atoms with E-state index in [1.165, 1.54) is 18.2 Å². The molecule has 1 amide bonds. The zero-order valence-electron chi connectivity index (χ0n) is 18.3. The van der Waals surface area contributed by atoms with Gasteiger partial charge >= 0.3 is 5.97 Å². The highest BCUT2D eigenvalue weighted by atomic mass is 35.5. The zero-order valence-corrected chi connectivity index (χ0v) is 19.1. The maximum absolute atomic E-state index is 14.5. The van der Waals surface area contributed by atoms with Crippen molar-refractivity contribution in [2.45, 2.75) is 37.6 Å². The van der Waals surface area contributed by atoms with Crippen LogP contribution in [0.25, 0.3) is 0 Å². The van der Waals surface area contributed by atoms with E-state index in [1.807, 2.05) is 24.3 Å². The Hall–Kier alpha value is -3.18. The van der Waals surface area contributed by atoms with E-state index in [1.54, 1.807) is 29.2 Å². The number of nitrogens with zero attached hydrogens (tertiary/aromatic N) is 1. The van der Waals surface area contributed by atoms with E-state index in [0.717, 1.165) is 5.56 Å². The molecule has 0 saturated heterocycles. The lowest BCUT2D eigenvalue weighted by atomic mass is 9.75. The SMILES string of the molecule is CC(C)C1(c2ccc(Cl)cc2)C[C@@]12C(=O)N(Cc1cccc(C(=O)O)c1)c1ccc(F)cc12. The minimum Gasteiger partial charge on any atom is -0.478 e. The Labute approximate surface area is 196 Å². The van der Waals surface area contributed by atoms with Crippen LogP contribution in [-0.2, 0) is 22.2 Å². The van der Waals surface area contributed by atoms with Crippen molar-refractivity contribution in [1.29, 1.82) is 0 Å². The first-order valence-corrected chi connectivity index (χ1v) is 11.3. The second kappa shape index (κ2) is 7.42. The van der Waals surface area contributed by atoms with Crippen LogP contribution >= 0.6 is 11.6 Å². The fourth-order valence-electron chi connectivity index (χ4n) is 5.78. The highest BCUT2D eigenvalue weighted by molar-refractivity contribution is 6.30. The highest BCUT2D eigenvalue weighted by Crippen LogP contribution is 2.73. The minimum atomic E-state index is -1.02. The summed E-state index contributed by atoms with van der Waals surface area (Å²) in [5.41, 5.74) is 1.92. The summed E-state index contributed by atoms with van der Waals surface area (Å²) in [6, 6.07) is 18.7. The molecule has 1 N–H and O–H groups in total. The molecule has 1 fully saturated rings. The summed E-state index contributed by atoms with van der Waals surface area (Å²) >= 11 is 6.13. The average Bonchev–Trinajstić information content (AvgIpc) is 3.45. The second-order valence-corrected chi connectivity index (χ2v) is 9.71. The van der Waals surface area contributed by atoms with Crippen molar-refractivity contribution in [2.75, 3.05) is 4.90 Å². The molecule has 0 bridgehead atoms. The molecule has 3 aromatic carbocycles. The lowest BCUT2D eigenvalue weighted by molar-refractivity contribution is -0.121. The van der Waals surface area contributed by atoms with E-state index in [-0.39, 0.29) is 29.8 Å². The Morgan fingerprint density at radius 3 is 2.52 bits per heavy atom.